The standard InChI is InChI=1S/C13H16BrNO2/c1-13(2)6-3-7-15(13)11-8-9(14)4-5-10(11)12(16)17/h4-5,8H,3,6-7H2,1-2H3,(H,16,17). The smallest absolute Gasteiger partial charge is 0.337 e. The van der Waals surface area contributed by atoms with Gasteiger partial charge in [0.1, 0.15) is 0 Å². The number of hydrogen-bond donors (Lipinski definition) is 1. The van der Waals surface area contributed by atoms with Gasteiger partial charge in [-0.2, -0.15) is 0 Å². The van der Waals surface area contributed by atoms with Gasteiger partial charge in [-0.25, -0.2) is 4.79 Å². The van der Waals surface area contributed by atoms with Crippen molar-refractivity contribution in [2.24, 2.45) is 0 Å². The number of benzene rings is 1. The summed E-state index contributed by atoms with van der Waals surface area (Å²) in [6.45, 7) is 5.24. The van der Waals surface area contributed by atoms with Crippen LogP contribution in [-0.4, -0.2) is 23.2 Å². The van der Waals surface area contributed by atoms with Crippen LogP contribution in [0.25, 0.3) is 0 Å². The fraction of sp³-hybridized carbons (Fsp3) is 0.462. The molecule has 17 heavy (non-hydrogen) atoms. The number of aromatic carboxylic acids is 1. The van der Waals surface area contributed by atoms with Crippen LogP contribution in [0.5, 0.6) is 0 Å². The minimum absolute atomic E-state index is 0.0327. The van der Waals surface area contributed by atoms with Gasteiger partial charge in [-0.05, 0) is 44.9 Å². The van der Waals surface area contributed by atoms with Crippen molar-refractivity contribution in [3.05, 3.63) is 28.2 Å². The van der Waals surface area contributed by atoms with Crippen molar-refractivity contribution >= 4 is 27.6 Å². The van der Waals surface area contributed by atoms with Gasteiger partial charge in [-0.3, -0.25) is 0 Å². The van der Waals surface area contributed by atoms with Gasteiger partial charge in [0, 0.05) is 16.6 Å². The normalized spacial score (nSPS) is 18.4. The Balaban J connectivity index is 2.50. The summed E-state index contributed by atoms with van der Waals surface area (Å²) in [4.78, 5) is 13.5. The summed E-state index contributed by atoms with van der Waals surface area (Å²) in [6.07, 6.45) is 2.21. The van der Waals surface area contributed by atoms with Gasteiger partial charge < -0.3 is 10.0 Å². The molecule has 4 heteroatoms. The molecule has 0 spiro atoms. The second kappa shape index (κ2) is 4.33. The van der Waals surface area contributed by atoms with Gasteiger partial charge in [-0.1, -0.05) is 15.9 Å². The largest absolute Gasteiger partial charge is 0.478 e. The predicted octanol–water partition coefficient (Wildman–Crippen LogP) is 3.53. The number of carboxylic acid groups (broad SMARTS) is 1. The van der Waals surface area contributed by atoms with Crippen molar-refractivity contribution in [1.82, 2.24) is 0 Å². The van der Waals surface area contributed by atoms with Crippen molar-refractivity contribution < 1.29 is 9.90 Å². The summed E-state index contributed by atoms with van der Waals surface area (Å²) in [7, 11) is 0. The second-order valence-corrected chi connectivity index (χ2v) is 5.95. The van der Waals surface area contributed by atoms with Gasteiger partial charge in [0.25, 0.3) is 0 Å². The van der Waals surface area contributed by atoms with Crippen LogP contribution in [0.15, 0.2) is 22.7 Å². The first-order chi connectivity index (χ1) is 7.92. The van der Waals surface area contributed by atoms with E-state index in [0.717, 1.165) is 29.5 Å². The van der Waals surface area contributed by atoms with E-state index in [1.807, 2.05) is 6.07 Å². The molecule has 0 aromatic heterocycles. The Kier molecular flexibility index (Phi) is 3.17. The van der Waals surface area contributed by atoms with Crippen molar-refractivity contribution in [2.75, 3.05) is 11.4 Å². The van der Waals surface area contributed by atoms with Crippen LogP contribution in [0.1, 0.15) is 37.0 Å². The molecule has 1 aliphatic rings. The summed E-state index contributed by atoms with van der Waals surface area (Å²) in [5.74, 6) is -0.866. The van der Waals surface area contributed by atoms with Gasteiger partial charge in [0.15, 0.2) is 0 Å². The third-order valence-electron chi connectivity index (χ3n) is 3.38. The molecule has 0 saturated carbocycles. The first kappa shape index (κ1) is 12.4. The third kappa shape index (κ3) is 2.32. The Morgan fingerprint density at radius 3 is 2.71 bits per heavy atom. The first-order valence-corrected chi connectivity index (χ1v) is 6.51. The number of carbonyl (C=O) groups is 1. The molecule has 0 aliphatic carbocycles. The molecular formula is C13H16BrNO2. The maximum absolute atomic E-state index is 11.3. The number of anilines is 1. The van der Waals surface area contributed by atoms with E-state index in [1.165, 1.54) is 0 Å². The summed E-state index contributed by atoms with van der Waals surface area (Å²) in [5, 5.41) is 9.25. The molecular weight excluding hydrogens is 282 g/mol. The molecule has 2 rings (SSSR count). The predicted molar refractivity (Wildman–Crippen MR) is 71.8 cm³/mol. The van der Waals surface area contributed by atoms with E-state index in [9.17, 15) is 9.90 Å². The highest BCUT2D eigenvalue weighted by molar-refractivity contribution is 9.10. The lowest BCUT2D eigenvalue weighted by Crippen LogP contribution is -2.39. The zero-order chi connectivity index (χ0) is 12.6. The topological polar surface area (TPSA) is 40.5 Å². The van der Waals surface area contributed by atoms with Gasteiger partial charge in [0.2, 0.25) is 0 Å². The lowest BCUT2D eigenvalue weighted by atomic mass is 10.0. The van der Waals surface area contributed by atoms with Crippen LogP contribution in [0.3, 0.4) is 0 Å². The van der Waals surface area contributed by atoms with Crippen molar-refractivity contribution in [1.29, 1.82) is 0 Å². The van der Waals surface area contributed by atoms with Crippen molar-refractivity contribution in [3.63, 3.8) is 0 Å². The highest BCUT2D eigenvalue weighted by atomic mass is 79.9. The Labute approximate surface area is 110 Å². The quantitative estimate of drug-likeness (QED) is 0.908. The molecule has 3 nitrogen and oxygen atoms in total. The second-order valence-electron chi connectivity index (χ2n) is 5.03. The molecule has 1 saturated heterocycles. The number of carboxylic acids is 1. The van der Waals surface area contributed by atoms with E-state index >= 15 is 0 Å². The molecule has 1 aromatic carbocycles. The molecule has 92 valence electrons. The monoisotopic (exact) mass is 297 g/mol. The lowest BCUT2D eigenvalue weighted by Gasteiger charge is -2.34. The maximum Gasteiger partial charge on any atom is 0.337 e. The summed E-state index contributed by atoms with van der Waals surface area (Å²) < 4.78 is 0.917. The number of rotatable bonds is 2. The molecule has 1 N–H and O–H groups in total. The molecule has 1 heterocycles. The van der Waals surface area contributed by atoms with Crippen LogP contribution in [-0.2, 0) is 0 Å². The fourth-order valence-corrected chi connectivity index (χ4v) is 2.81. The van der Waals surface area contributed by atoms with E-state index in [4.69, 9.17) is 0 Å². The number of hydrogen-bond acceptors (Lipinski definition) is 2. The van der Waals surface area contributed by atoms with Crippen LogP contribution in [0.2, 0.25) is 0 Å². The van der Waals surface area contributed by atoms with Crippen LogP contribution >= 0.6 is 15.9 Å². The molecule has 0 atom stereocenters. The molecule has 0 bridgehead atoms. The number of halogens is 1. The zero-order valence-electron chi connectivity index (χ0n) is 10.0. The molecule has 1 aliphatic heterocycles. The van der Waals surface area contributed by atoms with Crippen LogP contribution < -0.4 is 4.90 Å². The van der Waals surface area contributed by atoms with Crippen molar-refractivity contribution in [3.8, 4) is 0 Å². The van der Waals surface area contributed by atoms with Crippen molar-refractivity contribution in [2.45, 2.75) is 32.2 Å². The van der Waals surface area contributed by atoms with Crippen LogP contribution in [0, 0.1) is 0 Å². The van der Waals surface area contributed by atoms with E-state index in [2.05, 4.69) is 34.7 Å². The van der Waals surface area contributed by atoms with E-state index in [0.29, 0.717) is 5.56 Å². The van der Waals surface area contributed by atoms with Gasteiger partial charge in [0.05, 0.1) is 11.3 Å². The molecule has 1 fully saturated rings. The third-order valence-corrected chi connectivity index (χ3v) is 3.88. The number of nitrogens with zero attached hydrogens (tertiary/aromatic N) is 1. The average Bonchev–Trinajstić information content (AvgIpc) is 2.57. The zero-order valence-corrected chi connectivity index (χ0v) is 11.6. The SMILES string of the molecule is CC1(C)CCCN1c1cc(Br)ccc1C(=O)O. The molecule has 1 aromatic rings. The Hall–Kier alpha value is -1.03. The molecule has 0 unspecified atom stereocenters. The van der Waals surface area contributed by atoms with E-state index < -0.39 is 5.97 Å². The Bertz CT molecular complexity index is 457. The molecule has 0 radical (unpaired) electrons. The minimum Gasteiger partial charge on any atom is -0.478 e. The van der Waals surface area contributed by atoms with Gasteiger partial charge >= 0.3 is 5.97 Å². The van der Waals surface area contributed by atoms with E-state index in [-0.39, 0.29) is 5.54 Å². The average molecular weight is 298 g/mol. The Morgan fingerprint density at radius 1 is 1.47 bits per heavy atom. The highest BCUT2D eigenvalue weighted by Gasteiger charge is 2.34. The highest BCUT2D eigenvalue weighted by Crippen LogP contribution is 2.36. The summed E-state index contributed by atoms with van der Waals surface area (Å²) in [5.41, 5.74) is 1.22. The minimum atomic E-state index is -0.866. The first-order valence-electron chi connectivity index (χ1n) is 5.72. The summed E-state index contributed by atoms with van der Waals surface area (Å²) >= 11 is 3.41. The lowest BCUT2D eigenvalue weighted by molar-refractivity contribution is 0.0697. The van der Waals surface area contributed by atoms with Crippen LogP contribution in [0.4, 0.5) is 5.69 Å². The fourth-order valence-electron chi connectivity index (χ4n) is 2.46. The van der Waals surface area contributed by atoms with Gasteiger partial charge in [-0.15, -0.1) is 0 Å². The molecule has 0 amide bonds. The Morgan fingerprint density at radius 2 is 2.18 bits per heavy atom. The summed E-state index contributed by atoms with van der Waals surface area (Å²) in [6, 6.07) is 5.34. The maximum atomic E-state index is 11.3. The van der Waals surface area contributed by atoms with E-state index in [1.54, 1.807) is 12.1 Å².